The van der Waals surface area contributed by atoms with Crippen molar-refractivity contribution in [2.45, 2.75) is 37.5 Å². The largest absolute Gasteiger partial charge is 0.352 e. The number of amides is 2. The smallest absolute Gasteiger partial charge is 0.265 e. The van der Waals surface area contributed by atoms with Crippen molar-refractivity contribution >= 4 is 39.1 Å². The number of benzene rings is 2. The van der Waals surface area contributed by atoms with Crippen molar-refractivity contribution in [2.24, 2.45) is 5.92 Å². The summed E-state index contributed by atoms with van der Waals surface area (Å²) in [5.41, 5.74) is 1.78. The van der Waals surface area contributed by atoms with Gasteiger partial charge < -0.3 is 10.2 Å². The van der Waals surface area contributed by atoms with E-state index in [4.69, 9.17) is 11.6 Å². The standard InChI is InChI=1S/C24H28ClN3O4S/c1-17-5-4-13-27(16-17)23(29)10-12-26-24(30)19-8-9-20(25)22(15-19)33(31,32)28-14-11-18-6-2-3-7-21(18)28/h2-3,6-9,15,17H,4-5,10-14,16H2,1H3,(H,26,30). The van der Waals surface area contributed by atoms with E-state index in [0.717, 1.165) is 31.5 Å². The van der Waals surface area contributed by atoms with Crippen molar-refractivity contribution in [3.8, 4) is 0 Å². The molecular weight excluding hydrogens is 462 g/mol. The number of carbonyl (C=O) groups is 2. The molecule has 2 heterocycles. The van der Waals surface area contributed by atoms with Crippen LogP contribution in [0.15, 0.2) is 47.4 Å². The highest BCUT2D eigenvalue weighted by molar-refractivity contribution is 7.93. The van der Waals surface area contributed by atoms with Crippen molar-refractivity contribution in [2.75, 3.05) is 30.5 Å². The summed E-state index contributed by atoms with van der Waals surface area (Å²) in [5.74, 6) is 0.0768. The first-order chi connectivity index (χ1) is 15.8. The topological polar surface area (TPSA) is 86.8 Å². The van der Waals surface area contributed by atoms with Gasteiger partial charge in [0.15, 0.2) is 0 Å². The number of anilines is 1. The molecule has 2 aromatic rings. The number of rotatable bonds is 6. The van der Waals surface area contributed by atoms with E-state index in [9.17, 15) is 18.0 Å². The molecule has 33 heavy (non-hydrogen) atoms. The summed E-state index contributed by atoms with van der Waals surface area (Å²) < 4.78 is 28.1. The van der Waals surface area contributed by atoms with E-state index in [2.05, 4.69) is 12.2 Å². The van der Waals surface area contributed by atoms with Gasteiger partial charge in [0.2, 0.25) is 5.91 Å². The van der Waals surface area contributed by atoms with Gasteiger partial charge in [-0.3, -0.25) is 13.9 Å². The molecule has 1 N–H and O–H groups in total. The third kappa shape index (κ3) is 5.01. The number of para-hydroxylation sites is 1. The van der Waals surface area contributed by atoms with Crippen molar-refractivity contribution < 1.29 is 18.0 Å². The lowest BCUT2D eigenvalue weighted by Gasteiger charge is -2.31. The quantitative estimate of drug-likeness (QED) is 0.673. The van der Waals surface area contributed by atoms with Gasteiger partial charge in [-0.1, -0.05) is 36.7 Å². The van der Waals surface area contributed by atoms with E-state index in [-0.39, 0.29) is 34.4 Å². The predicted octanol–water partition coefficient (Wildman–Crippen LogP) is 3.47. The summed E-state index contributed by atoms with van der Waals surface area (Å²) >= 11 is 6.25. The van der Waals surface area contributed by atoms with Crippen LogP contribution in [0.3, 0.4) is 0 Å². The Kier molecular flexibility index (Phi) is 6.95. The minimum Gasteiger partial charge on any atom is -0.352 e. The zero-order valence-electron chi connectivity index (χ0n) is 18.6. The molecule has 1 saturated heterocycles. The van der Waals surface area contributed by atoms with E-state index in [0.29, 0.717) is 24.6 Å². The van der Waals surface area contributed by atoms with Crippen LogP contribution >= 0.6 is 11.6 Å². The Balaban J connectivity index is 1.44. The van der Waals surface area contributed by atoms with Gasteiger partial charge in [0.25, 0.3) is 15.9 Å². The summed E-state index contributed by atoms with van der Waals surface area (Å²) in [6.45, 7) is 4.16. The van der Waals surface area contributed by atoms with E-state index in [1.54, 1.807) is 12.1 Å². The predicted molar refractivity (Wildman–Crippen MR) is 128 cm³/mol. The number of sulfonamides is 1. The molecule has 176 valence electrons. The Labute approximate surface area is 199 Å². The van der Waals surface area contributed by atoms with Gasteiger partial charge in [0, 0.05) is 38.2 Å². The Bertz CT molecular complexity index is 1170. The number of nitrogens with zero attached hydrogens (tertiary/aromatic N) is 2. The summed E-state index contributed by atoms with van der Waals surface area (Å²) in [6.07, 6.45) is 2.97. The molecule has 9 heteroatoms. The Hall–Kier alpha value is -2.58. The van der Waals surface area contributed by atoms with Crippen molar-refractivity contribution in [1.29, 1.82) is 0 Å². The highest BCUT2D eigenvalue weighted by atomic mass is 35.5. The van der Waals surface area contributed by atoms with Crippen LogP contribution in [0.2, 0.25) is 5.02 Å². The Morgan fingerprint density at radius 3 is 2.73 bits per heavy atom. The minimum atomic E-state index is -3.93. The molecule has 2 amide bonds. The van der Waals surface area contributed by atoms with Gasteiger partial charge in [-0.2, -0.15) is 0 Å². The molecule has 0 bridgehead atoms. The summed E-state index contributed by atoms with van der Waals surface area (Å²) in [7, 11) is -3.93. The van der Waals surface area contributed by atoms with Crippen LogP contribution in [0.4, 0.5) is 5.69 Å². The summed E-state index contributed by atoms with van der Waals surface area (Å²) in [5, 5.41) is 2.79. The van der Waals surface area contributed by atoms with Crippen LogP contribution in [-0.2, 0) is 21.2 Å². The molecule has 7 nitrogen and oxygen atoms in total. The normalized spacial score (nSPS) is 18.2. The number of piperidine rings is 1. The van der Waals surface area contributed by atoms with Crippen LogP contribution in [0.1, 0.15) is 42.1 Å². The van der Waals surface area contributed by atoms with Crippen molar-refractivity contribution in [1.82, 2.24) is 10.2 Å². The molecule has 2 aliphatic rings. The average molecular weight is 490 g/mol. The molecule has 2 aromatic carbocycles. The maximum atomic E-state index is 13.4. The third-order valence-electron chi connectivity index (χ3n) is 6.24. The van der Waals surface area contributed by atoms with Crippen molar-refractivity contribution in [3.05, 3.63) is 58.6 Å². The lowest BCUT2D eigenvalue weighted by molar-refractivity contribution is -0.132. The average Bonchev–Trinajstić information content (AvgIpc) is 3.24. The molecule has 1 fully saturated rings. The van der Waals surface area contributed by atoms with E-state index >= 15 is 0 Å². The summed E-state index contributed by atoms with van der Waals surface area (Å²) in [6, 6.07) is 11.6. The van der Waals surface area contributed by atoms with E-state index < -0.39 is 15.9 Å². The molecule has 0 spiro atoms. The fourth-order valence-electron chi connectivity index (χ4n) is 4.48. The Morgan fingerprint density at radius 1 is 1.15 bits per heavy atom. The first kappa shape index (κ1) is 23.6. The fourth-order valence-corrected chi connectivity index (χ4v) is 6.48. The second-order valence-corrected chi connectivity index (χ2v) is 10.9. The second-order valence-electron chi connectivity index (χ2n) is 8.69. The second kappa shape index (κ2) is 9.73. The zero-order chi connectivity index (χ0) is 23.6. The molecule has 0 aliphatic carbocycles. The molecule has 0 saturated carbocycles. The van der Waals surface area contributed by atoms with Crippen LogP contribution in [0, 0.1) is 5.92 Å². The van der Waals surface area contributed by atoms with Crippen LogP contribution in [-0.4, -0.2) is 51.3 Å². The monoisotopic (exact) mass is 489 g/mol. The van der Waals surface area contributed by atoms with E-state index in [1.165, 1.54) is 22.5 Å². The maximum Gasteiger partial charge on any atom is 0.265 e. The van der Waals surface area contributed by atoms with Gasteiger partial charge in [-0.05, 0) is 55.0 Å². The number of nitrogens with one attached hydrogen (secondary N) is 1. The molecule has 2 aliphatic heterocycles. The van der Waals surface area contributed by atoms with Gasteiger partial charge in [-0.25, -0.2) is 8.42 Å². The molecular formula is C24H28ClN3O4S. The number of carbonyl (C=O) groups excluding carboxylic acids is 2. The van der Waals surface area contributed by atoms with Gasteiger partial charge in [0.05, 0.1) is 10.7 Å². The highest BCUT2D eigenvalue weighted by Crippen LogP contribution is 2.35. The fraction of sp³-hybridized carbons (Fsp3) is 0.417. The SMILES string of the molecule is CC1CCCN(C(=O)CCNC(=O)c2ccc(Cl)c(S(=O)(=O)N3CCc4ccccc43)c2)C1. The number of halogens is 1. The molecule has 4 rings (SSSR count). The third-order valence-corrected chi connectivity index (χ3v) is 8.53. The summed E-state index contributed by atoms with van der Waals surface area (Å²) in [4.78, 5) is 26.8. The van der Waals surface area contributed by atoms with Gasteiger partial charge >= 0.3 is 0 Å². The zero-order valence-corrected chi connectivity index (χ0v) is 20.2. The van der Waals surface area contributed by atoms with Crippen molar-refractivity contribution in [3.63, 3.8) is 0 Å². The van der Waals surface area contributed by atoms with Crippen LogP contribution in [0.25, 0.3) is 0 Å². The number of hydrogen-bond acceptors (Lipinski definition) is 4. The molecule has 0 aromatic heterocycles. The van der Waals surface area contributed by atoms with Crippen LogP contribution < -0.4 is 9.62 Å². The Morgan fingerprint density at radius 2 is 1.94 bits per heavy atom. The highest BCUT2D eigenvalue weighted by Gasteiger charge is 2.32. The molecule has 0 radical (unpaired) electrons. The first-order valence-corrected chi connectivity index (χ1v) is 13.1. The van der Waals surface area contributed by atoms with Gasteiger partial charge in [0.1, 0.15) is 4.90 Å². The number of hydrogen-bond donors (Lipinski definition) is 1. The lowest BCUT2D eigenvalue weighted by atomic mass is 10.00. The number of likely N-dealkylation sites (tertiary alicyclic amines) is 1. The minimum absolute atomic E-state index is 0.0221. The molecule has 1 unspecified atom stereocenters. The lowest BCUT2D eigenvalue weighted by Crippen LogP contribution is -2.40. The van der Waals surface area contributed by atoms with E-state index in [1.807, 2.05) is 17.0 Å². The molecule has 1 atom stereocenters. The first-order valence-electron chi connectivity index (χ1n) is 11.2. The van der Waals surface area contributed by atoms with Gasteiger partial charge in [-0.15, -0.1) is 0 Å². The van der Waals surface area contributed by atoms with Crippen LogP contribution in [0.5, 0.6) is 0 Å². The number of fused-ring (bicyclic) bond motifs is 1. The maximum absolute atomic E-state index is 13.4.